The standard InChI is InChI=1S/C36H30N4P/c1-4-15-29(16-5-1)41(30-17-6-2-7-18-30,31-19-8-3-9-20-31)32-27-39-35-23-12-10-21-33(35)37-25-14-26-38-34-22-11-13-24-36(34)40-28-32/h1-28,37,40H/q+1. The zero-order chi connectivity index (χ0) is 27.7. The van der Waals surface area contributed by atoms with Crippen molar-refractivity contribution in [3.63, 3.8) is 0 Å². The van der Waals surface area contributed by atoms with Gasteiger partial charge in [0.15, 0.2) is 0 Å². The second-order valence-corrected chi connectivity index (χ2v) is 12.9. The lowest BCUT2D eigenvalue weighted by molar-refractivity contribution is 1.47. The van der Waals surface area contributed by atoms with Crippen molar-refractivity contribution in [2.45, 2.75) is 0 Å². The quantitative estimate of drug-likeness (QED) is 0.223. The number of nitrogens with zero attached hydrogens (tertiary/aromatic N) is 2. The summed E-state index contributed by atoms with van der Waals surface area (Å²) in [5, 5.41) is 11.8. The molecule has 5 heteroatoms. The summed E-state index contributed by atoms with van der Waals surface area (Å²) in [6, 6.07) is 48.6. The first-order valence-corrected chi connectivity index (χ1v) is 15.4. The Balaban J connectivity index is 1.66. The van der Waals surface area contributed by atoms with Crippen LogP contribution in [0.25, 0.3) is 0 Å². The highest BCUT2D eigenvalue weighted by atomic mass is 31.2. The molecule has 0 aromatic heterocycles. The molecule has 6 rings (SSSR count). The van der Waals surface area contributed by atoms with E-state index >= 15 is 0 Å². The number of para-hydroxylation sites is 4. The number of benzene rings is 5. The number of hydrogen-bond donors (Lipinski definition) is 2. The Morgan fingerprint density at radius 1 is 0.463 bits per heavy atom. The summed E-state index contributed by atoms with van der Waals surface area (Å²) in [7, 11) is -2.40. The van der Waals surface area contributed by atoms with Crippen LogP contribution in [0.5, 0.6) is 0 Å². The molecule has 0 radical (unpaired) electrons. The lowest BCUT2D eigenvalue weighted by Crippen LogP contribution is -2.33. The van der Waals surface area contributed by atoms with Gasteiger partial charge >= 0.3 is 0 Å². The number of nitrogens with one attached hydrogen (secondary N) is 2. The Morgan fingerprint density at radius 3 is 1.49 bits per heavy atom. The average molecular weight is 550 g/mol. The third kappa shape index (κ3) is 5.51. The molecule has 5 aromatic carbocycles. The Morgan fingerprint density at radius 2 is 0.927 bits per heavy atom. The van der Waals surface area contributed by atoms with E-state index in [2.05, 4.69) is 114 Å². The molecule has 0 atom stereocenters. The van der Waals surface area contributed by atoms with E-state index in [4.69, 9.17) is 9.98 Å². The number of rotatable bonds is 4. The smallest absolute Gasteiger partial charge is 0.147 e. The fourth-order valence-corrected chi connectivity index (χ4v) is 9.21. The van der Waals surface area contributed by atoms with Crippen molar-refractivity contribution in [1.82, 2.24) is 0 Å². The van der Waals surface area contributed by atoms with Crippen LogP contribution in [-0.2, 0) is 0 Å². The first-order valence-electron chi connectivity index (χ1n) is 13.6. The SMILES string of the molecule is C1=CNc2ccccc2N=CC([P+](c2ccccc2)(c2ccccc2)c2ccccc2)=CNc2ccccc2N=C1. The summed E-state index contributed by atoms with van der Waals surface area (Å²) >= 11 is 0. The minimum atomic E-state index is -2.40. The topological polar surface area (TPSA) is 48.8 Å². The minimum Gasteiger partial charge on any atom is -0.360 e. The monoisotopic (exact) mass is 549 g/mol. The van der Waals surface area contributed by atoms with Crippen molar-refractivity contribution >= 4 is 58.4 Å². The third-order valence-electron chi connectivity index (χ3n) is 6.97. The molecule has 0 bridgehead atoms. The van der Waals surface area contributed by atoms with Gasteiger partial charge < -0.3 is 10.6 Å². The van der Waals surface area contributed by atoms with Crippen molar-refractivity contribution < 1.29 is 0 Å². The van der Waals surface area contributed by atoms with Gasteiger partial charge in [-0.25, -0.2) is 0 Å². The molecule has 5 aromatic rings. The molecule has 1 aliphatic rings. The van der Waals surface area contributed by atoms with Crippen LogP contribution in [-0.4, -0.2) is 12.4 Å². The number of allylic oxidation sites excluding steroid dienone is 2. The van der Waals surface area contributed by atoms with Crippen LogP contribution in [0.1, 0.15) is 0 Å². The van der Waals surface area contributed by atoms with Crippen LogP contribution in [0.4, 0.5) is 22.7 Å². The molecule has 0 spiro atoms. The Bertz CT molecular complexity index is 1630. The van der Waals surface area contributed by atoms with Crippen LogP contribution in [0.15, 0.2) is 173 Å². The van der Waals surface area contributed by atoms with Crippen molar-refractivity contribution in [3.8, 4) is 0 Å². The van der Waals surface area contributed by atoms with Gasteiger partial charge in [0.25, 0.3) is 0 Å². The third-order valence-corrected chi connectivity index (χ3v) is 11.2. The normalized spacial score (nSPS) is 13.1. The first-order chi connectivity index (χ1) is 20.4. The Kier molecular flexibility index (Phi) is 7.93. The molecule has 0 aliphatic carbocycles. The van der Waals surface area contributed by atoms with E-state index in [1.54, 1.807) is 6.21 Å². The van der Waals surface area contributed by atoms with Crippen molar-refractivity contribution in [1.29, 1.82) is 0 Å². The predicted octanol–water partition coefficient (Wildman–Crippen LogP) is 7.98. The zero-order valence-electron chi connectivity index (χ0n) is 22.5. The molecule has 198 valence electrons. The van der Waals surface area contributed by atoms with Gasteiger partial charge in [0.1, 0.15) is 28.5 Å². The highest BCUT2D eigenvalue weighted by molar-refractivity contribution is 7.99. The maximum atomic E-state index is 5.12. The fraction of sp³-hybridized carbons (Fsp3) is 0. The Labute approximate surface area is 241 Å². The zero-order valence-corrected chi connectivity index (χ0v) is 23.4. The largest absolute Gasteiger partial charge is 0.360 e. The predicted molar refractivity (Wildman–Crippen MR) is 179 cm³/mol. The number of hydrogen-bond acceptors (Lipinski definition) is 4. The molecule has 2 N–H and O–H groups in total. The molecule has 4 nitrogen and oxygen atoms in total. The molecule has 0 fully saturated rings. The Hall–Kier alpha value is -5.05. The summed E-state index contributed by atoms with van der Waals surface area (Å²) < 4.78 is 0. The van der Waals surface area contributed by atoms with E-state index in [0.29, 0.717) is 0 Å². The molecule has 0 unspecified atom stereocenters. The summed E-state index contributed by atoms with van der Waals surface area (Å²) in [6.45, 7) is 0. The second-order valence-electron chi connectivity index (χ2n) is 9.47. The van der Waals surface area contributed by atoms with Gasteiger partial charge in [-0.05, 0) is 66.7 Å². The van der Waals surface area contributed by atoms with Crippen LogP contribution in [0, 0.1) is 0 Å². The fourth-order valence-electron chi connectivity index (χ4n) is 5.08. The summed E-state index contributed by atoms with van der Waals surface area (Å²) in [6.07, 6.45) is 9.73. The van der Waals surface area contributed by atoms with Gasteiger partial charge in [-0.1, -0.05) is 78.9 Å². The van der Waals surface area contributed by atoms with Gasteiger partial charge in [0.2, 0.25) is 0 Å². The molecule has 41 heavy (non-hydrogen) atoms. The summed E-state index contributed by atoms with van der Waals surface area (Å²) in [5.41, 5.74) is 3.54. The molecular formula is C36H30N4P+. The maximum Gasteiger partial charge on any atom is 0.147 e. The molecule has 0 saturated heterocycles. The van der Waals surface area contributed by atoms with Gasteiger partial charge in [-0.15, -0.1) is 0 Å². The highest BCUT2D eigenvalue weighted by Gasteiger charge is 2.49. The lowest BCUT2D eigenvalue weighted by atomic mass is 10.2. The number of aliphatic imine (C=N–C) groups is 2. The maximum absolute atomic E-state index is 5.12. The van der Waals surface area contributed by atoms with Gasteiger partial charge in [0.05, 0.1) is 29.0 Å². The molecular weight excluding hydrogens is 519 g/mol. The molecule has 1 aliphatic heterocycles. The van der Waals surface area contributed by atoms with E-state index in [1.165, 1.54) is 15.9 Å². The van der Waals surface area contributed by atoms with E-state index in [9.17, 15) is 0 Å². The molecule has 0 amide bonds. The van der Waals surface area contributed by atoms with Crippen LogP contribution in [0.3, 0.4) is 0 Å². The minimum absolute atomic E-state index is 0.852. The second kappa shape index (κ2) is 12.4. The number of anilines is 2. The van der Waals surface area contributed by atoms with Gasteiger partial charge in [0, 0.05) is 18.6 Å². The highest BCUT2D eigenvalue weighted by Crippen LogP contribution is 2.62. The summed E-state index contributed by atoms with van der Waals surface area (Å²) in [4.78, 5) is 9.84. The van der Waals surface area contributed by atoms with Crippen LogP contribution < -0.4 is 26.5 Å². The lowest BCUT2D eigenvalue weighted by Gasteiger charge is -2.28. The summed E-state index contributed by atoms with van der Waals surface area (Å²) in [5.74, 6) is 0. The average Bonchev–Trinajstić information content (AvgIpc) is 3.04. The van der Waals surface area contributed by atoms with Crippen molar-refractivity contribution in [2.75, 3.05) is 10.6 Å². The van der Waals surface area contributed by atoms with Crippen molar-refractivity contribution in [3.05, 3.63) is 163 Å². The number of fused-ring (bicyclic) bond motifs is 2. The van der Waals surface area contributed by atoms with E-state index in [1.807, 2.05) is 61.0 Å². The van der Waals surface area contributed by atoms with Gasteiger partial charge in [-0.3, -0.25) is 9.98 Å². The van der Waals surface area contributed by atoms with Gasteiger partial charge in [-0.2, -0.15) is 0 Å². The van der Waals surface area contributed by atoms with Crippen LogP contribution in [0.2, 0.25) is 0 Å². The van der Waals surface area contributed by atoms with E-state index in [-0.39, 0.29) is 0 Å². The first kappa shape index (κ1) is 26.2. The van der Waals surface area contributed by atoms with E-state index in [0.717, 1.165) is 28.1 Å². The van der Waals surface area contributed by atoms with Crippen LogP contribution >= 0.6 is 7.26 Å². The molecule has 1 heterocycles. The van der Waals surface area contributed by atoms with Crippen molar-refractivity contribution in [2.24, 2.45) is 9.98 Å². The van der Waals surface area contributed by atoms with E-state index < -0.39 is 7.26 Å². The molecule has 0 saturated carbocycles.